The standard InChI is InChI=1S/C13H10FN3O3S/c1-8-5-6-9(14)7-11(8)17-21(18,19)12-4-2-3-10-13(12)16-20-15-10/h2-7,17H,1H3. The summed E-state index contributed by atoms with van der Waals surface area (Å²) in [5, 5.41) is 7.18. The van der Waals surface area contributed by atoms with Gasteiger partial charge in [0.25, 0.3) is 10.0 Å². The van der Waals surface area contributed by atoms with Crippen molar-refractivity contribution in [3.63, 3.8) is 0 Å². The van der Waals surface area contributed by atoms with Crippen LogP contribution in [-0.2, 0) is 10.0 Å². The molecular formula is C13H10FN3O3S. The Balaban J connectivity index is 2.09. The summed E-state index contributed by atoms with van der Waals surface area (Å²) in [4.78, 5) is -0.0788. The predicted octanol–water partition coefficient (Wildman–Crippen LogP) is 2.47. The number of nitrogens with one attached hydrogen (secondary N) is 1. The van der Waals surface area contributed by atoms with E-state index in [0.29, 0.717) is 11.1 Å². The Morgan fingerprint density at radius 2 is 2.00 bits per heavy atom. The van der Waals surface area contributed by atoms with Crippen LogP contribution in [0.3, 0.4) is 0 Å². The van der Waals surface area contributed by atoms with Crippen molar-refractivity contribution in [3.8, 4) is 0 Å². The van der Waals surface area contributed by atoms with Gasteiger partial charge in [-0.05, 0) is 47.1 Å². The first-order valence-electron chi connectivity index (χ1n) is 5.97. The topological polar surface area (TPSA) is 85.1 Å². The molecule has 21 heavy (non-hydrogen) atoms. The summed E-state index contributed by atoms with van der Waals surface area (Å²) in [6.45, 7) is 1.68. The molecule has 0 aliphatic heterocycles. The monoisotopic (exact) mass is 307 g/mol. The number of rotatable bonds is 3. The van der Waals surface area contributed by atoms with Crippen LogP contribution in [0.2, 0.25) is 0 Å². The molecule has 0 saturated heterocycles. The van der Waals surface area contributed by atoms with E-state index in [0.717, 1.165) is 6.07 Å². The molecule has 6 nitrogen and oxygen atoms in total. The van der Waals surface area contributed by atoms with E-state index in [1.54, 1.807) is 13.0 Å². The number of anilines is 1. The third kappa shape index (κ3) is 2.45. The smallest absolute Gasteiger partial charge is 0.264 e. The highest BCUT2D eigenvalue weighted by atomic mass is 32.2. The molecule has 108 valence electrons. The molecule has 0 atom stereocenters. The Labute approximate surface area is 119 Å². The van der Waals surface area contributed by atoms with Crippen molar-refractivity contribution in [3.05, 3.63) is 47.8 Å². The van der Waals surface area contributed by atoms with Crippen LogP contribution in [0.25, 0.3) is 11.0 Å². The van der Waals surface area contributed by atoms with Gasteiger partial charge in [0.2, 0.25) is 0 Å². The zero-order chi connectivity index (χ0) is 15.0. The number of aromatic nitrogens is 2. The van der Waals surface area contributed by atoms with Gasteiger partial charge in [0, 0.05) is 0 Å². The van der Waals surface area contributed by atoms with E-state index in [9.17, 15) is 12.8 Å². The third-order valence-electron chi connectivity index (χ3n) is 2.98. The Morgan fingerprint density at radius 3 is 2.81 bits per heavy atom. The Bertz CT molecular complexity index is 921. The second kappa shape index (κ2) is 4.81. The fourth-order valence-electron chi connectivity index (χ4n) is 1.90. The highest BCUT2D eigenvalue weighted by Gasteiger charge is 2.21. The first-order valence-corrected chi connectivity index (χ1v) is 7.46. The van der Waals surface area contributed by atoms with Crippen molar-refractivity contribution in [1.82, 2.24) is 10.3 Å². The predicted molar refractivity (Wildman–Crippen MR) is 73.7 cm³/mol. The number of halogens is 1. The molecule has 0 radical (unpaired) electrons. The molecule has 0 aliphatic rings. The number of aryl methyl sites for hydroxylation is 1. The van der Waals surface area contributed by atoms with E-state index in [-0.39, 0.29) is 16.1 Å². The summed E-state index contributed by atoms with van der Waals surface area (Å²) in [5.74, 6) is -0.528. The van der Waals surface area contributed by atoms with Crippen LogP contribution < -0.4 is 4.72 Å². The molecular weight excluding hydrogens is 297 g/mol. The average Bonchev–Trinajstić information content (AvgIpc) is 2.90. The number of fused-ring (bicyclic) bond motifs is 1. The van der Waals surface area contributed by atoms with Crippen molar-refractivity contribution in [2.24, 2.45) is 0 Å². The number of sulfonamides is 1. The SMILES string of the molecule is Cc1ccc(F)cc1NS(=O)(=O)c1cccc2nonc12. The molecule has 0 saturated carbocycles. The maximum atomic E-state index is 13.3. The summed E-state index contributed by atoms with van der Waals surface area (Å²) in [7, 11) is -3.93. The zero-order valence-corrected chi connectivity index (χ0v) is 11.7. The van der Waals surface area contributed by atoms with Crippen molar-refractivity contribution < 1.29 is 17.4 Å². The average molecular weight is 307 g/mol. The summed E-state index contributed by atoms with van der Waals surface area (Å²) in [6.07, 6.45) is 0. The van der Waals surface area contributed by atoms with Gasteiger partial charge in [-0.2, -0.15) is 0 Å². The zero-order valence-electron chi connectivity index (χ0n) is 10.9. The first kappa shape index (κ1) is 13.5. The minimum Gasteiger partial charge on any atom is -0.279 e. The number of hydrogen-bond acceptors (Lipinski definition) is 5. The lowest BCUT2D eigenvalue weighted by Crippen LogP contribution is -2.14. The first-order chi connectivity index (χ1) is 9.97. The van der Waals surface area contributed by atoms with Gasteiger partial charge in [0.15, 0.2) is 5.52 Å². The molecule has 3 rings (SSSR count). The van der Waals surface area contributed by atoms with Crippen LogP contribution in [0.4, 0.5) is 10.1 Å². The molecule has 8 heteroatoms. The van der Waals surface area contributed by atoms with E-state index in [2.05, 4.69) is 19.7 Å². The molecule has 1 aromatic heterocycles. The van der Waals surface area contributed by atoms with Crippen LogP contribution in [0, 0.1) is 12.7 Å². The molecule has 0 unspecified atom stereocenters. The second-order valence-electron chi connectivity index (χ2n) is 4.45. The van der Waals surface area contributed by atoms with Crippen molar-refractivity contribution in [2.45, 2.75) is 11.8 Å². The largest absolute Gasteiger partial charge is 0.279 e. The van der Waals surface area contributed by atoms with Gasteiger partial charge in [0.1, 0.15) is 16.2 Å². The van der Waals surface area contributed by atoms with Crippen molar-refractivity contribution in [2.75, 3.05) is 4.72 Å². The minimum absolute atomic E-state index is 0.0788. The molecule has 0 fully saturated rings. The van der Waals surface area contributed by atoms with Crippen LogP contribution in [-0.4, -0.2) is 18.7 Å². The van der Waals surface area contributed by atoms with Gasteiger partial charge in [-0.15, -0.1) is 0 Å². The van der Waals surface area contributed by atoms with Gasteiger partial charge >= 0.3 is 0 Å². The van der Waals surface area contributed by atoms with Crippen LogP contribution in [0.1, 0.15) is 5.56 Å². The van der Waals surface area contributed by atoms with Gasteiger partial charge in [0.05, 0.1) is 5.69 Å². The van der Waals surface area contributed by atoms with Gasteiger partial charge < -0.3 is 0 Å². The van der Waals surface area contributed by atoms with Crippen molar-refractivity contribution in [1.29, 1.82) is 0 Å². The Morgan fingerprint density at radius 1 is 1.19 bits per heavy atom. The highest BCUT2D eigenvalue weighted by Crippen LogP contribution is 2.24. The summed E-state index contributed by atoms with van der Waals surface area (Å²) in [5.41, 5.74) is 1.22. The molecule has 0 amide bonds. The molecule has 0 bridgehead atoms. The summed E-state index contributed by atoms with van der Waals surface area (Å²) >= 11 is 0. The Hall–Kier alpha value is -2.48. The maximum absolute atomic E-state index is 13.3. The van der Waals surface area contributed by atoms with E-state index in [4.69, 9.17) is 0 Å². The van der Waals surface area contributed by atoms with Crippen LogP contribution in [0.5, 0.6) is 0 Å². The van der Waals surface area contributed by atoms with E-state index < -0.39 is 15.8 Å². The third-order valence-corrected chi connectivity index (χ3v) is 4.38. The lowest BCUT2D eigenvalue weighted by molar-refractivity contribution is 0.315. The fraction of sp³-hybridized carbons (Fsp3) is 0.0769. The van der Waals surface area contributed by atoms with Crippen LogP contribution >= 0.6 is 0 Å². The minimum atomic E-state index is -3.93. The quantitative estimate of drug-likeness (QED) is 0.803. The summed E-state index contributed by atoms with van der Waals surface area (Å²) in [6, 6.07) is 8.36. The van der Waals surface area contributed by atoms with Gasteiger partial charge in [-0.25, -0.2) is 17.4 Å². The molecule has 0 spiro atoms. The Kier molecular flexibility index (Phi) is 3.09. The number of benzene rings is 2. The van der Waals surface area contributed by atoms with Crippen LogP contribution in [0.15, 0.2) is 45.9 Å². The maximum Gasteiger partial charge on any atom is 0.264 e. The highest BCUT2D eigenvalue weighted by molar-refractivity contribution is 7.93. The van der Waals surface area contributed by atoms with Gasteiger partial charge in [-0.3, -0.25) is 4.72 Å². The molecule has 3 aromatic rings. The number of hydrogen-bond donors (Lipinski definition) is 1. The van der Waals surface area contributed by atoms with E-state index in [1.807, 2.05) is 0 Å². The van der Waals surface area contributed by atoms with E-state index >= 15 is 0 Å². The van der Waals surface area contributed by atoms with E-state index in [1.165, 1.54) is 24.3 Å². The summed E-state index contributed by atoms with van der Waals surface area (Å²) < 4.78 is 45.0. The lowest BCUT2D eigenvalue weighted by atomic mass is 10.2. The van der Waals surface area contributed by atoms with Gasteiger partial charge in [-0.1, -0.05) is 12.1 Å². The normalized spacial score (nSPS) is 11.7. The molecule has 1 N–H and O–H groups in total. The molecule has 0 aliphatic carbocycles. The molecule has 2 aromatic carbocycles. The van der Waals surface area contributed by atoms with Crippen molar-refractivity contribution >= 4 is 26.7 Å². The molecule has 1 heterocycles. The second-order valence-corrected chi connectivity index (χ2v) is 6.10. The lowest BCUT2D eigenvalue weighted by Gasteiger charge is -2.10. The number of nitrogens with zero attached hydrogens (tertiary/aromatic N) is 2. The fourth-order valence-corrected chi connectivity index (χ4v) is 3.18.